The predicted octanol–water partition coefficient (Wildman–Crippen LogP) is 3.35. The lowest BCUT2D eigenvalue weighted by atomic mass is 10.4. The van der Waals surface area contributed by atoms with E-state index in [0.717, 1.165) is 5.69 Å². The van der Waals surface area contributed by atoms with Crippen LogP contribution in [0.3, 0.4) is 0 Å². The van der Waals surface area contributed by atoms with E-state index >= 15 is 0 Å². The van der Waals surface area contributed by atoms with Crippen molar-refractivity contribution in [2.75, 3.05) is 0 Å². The van der Waals surface area contributed by atoms with Crippen LogP contribution in [0.25, 0.3) is 0 Å². The monoisotopic (exact) mass is 210 g/mol. The molecule has 14 heavy (non-hydrogen) atoms. The molecule has 1 aromatic heterocycles. The van der Waals surface area contributed by atoms with Crippen molar-refractivity contribution in [1.29, 1.82) is 0 Å². The Morgan fingerprint density at radius 1 is 1.14 bits per heavy atom. The summed E-state index contributed by atoms with van der Waals surface area (Å²) in [5, 5.41) is 4.67. The SMILES string of the molecule is CC[Si](CC)(CC)n1nc(C)cc1C. The lowest BCUT2D eigenvalue weighted by molar-refractivity contribution is 0.839. The zero-order valence-corrected chi connectivity index (χ0v) is 11.1. The zero-order chi connectivity index (χ0) is 10.8. The van der Waals surface area contributed by atoms with Crippen molar-refractivity contribution in [3.05, 3.63) is 17.5 Å². The van der Waals surface area contributed by atoms with Gasteiger partial charge >= 0.3 is 0 Å². The quantitative estimate of drug-likeness (QED) is 0.697. The first-order valence-electron chi connectivity index (χ1n) is 5.63. The van der Waals surface area contributed by atoms with Crippen LogP contribution in [0.2, 0.25) is 18.1 Å². The van der Waals surface area contributed by atoms with Crippen LogP contribution in [0, 0.1) is 13.8 Å². The van der Waals surface area contributed by atoms with Crippen LogP contribution in [0.15, 0.2) is 6.07 Å². The second-order valence-corrected chi connectivity index (χ2v) is 9.12. The van der Waals surface area contributed by atoms with E-state index in [-0.39, 0.29) is 0 Å². The molecule has 0 unspecified atom stereocenters. The molecule has 0 bridgehead atoms. The summed E-state index contributed by atoms with van der Waals surface area (Å²) in [6.45, 7) is 11.2. The Morgan fingerprint density at radius 2 is 1.64 bits per heavy atom. The average molecular weight is 210 g/mol. The molecule has 0 saturated carbocycles. The first-order valence-corrected chi connectivity index (χ1v) is 8.20. The van der Waals surface area contributed by atoms with E-state index in [1.807, 2.05) is 0 Å². The topological polar surface area (TPSA) is 17.8 Å². The summed E-state index contributed by atoms with van der Waals surface area (Å²) in [4.78, 5) is 0. The zero-order valence-electron chi connectivity index (χ0n) is 10.1. The van der Waals surface area contributed by atoms with E-state index < -0.39 is 8.24 Å². The Balaban J connectivity index is 3.16. The van der Waals surface area contributed by atoms with Gasteiger partial charge in [0, 0.05) is 5.69 Å². The van der Waals surface area contributed by atoms with Crippen molar-refractivity contribution in [3.63, 3.8) is 0 Å². The number of aryl methyl sites for hydroxylation is 2. The third kappa shape index (κ3) is 1.78. The molecule has 0 aromatic carbocycles. The van der Waals surface area contributed by atoms with Crippen LogP contribution in [-0.2, 0) is 0 Å². The van der Waals surface area contributed by atoms with Crippen LogP contribution in [0.1, 0.15) is 32.2 Å². The molecule has 1 rings (SSSR count). The maximum absolute atomic E-state index is 4.67. The molecule has 0 spiro atoms. The number of rotatable bonds is 4. The van der Waals surface area contributed by atoms with Gasteiger partial charge in [-0.15, -0.1) is 0 Å². The molecular weight excluding hydrogens is 188 g/mol. The van der Waals surface area contributed by atoms with Gasteiger partial charge in [-0.05, 0) is 38.0 Å². The summed E-state index contributed by atoms with van der Waals surface area (Å²) in [6.07, 6.45) is 0. The normalized spacial score (nSPS) is 12.1. The van der Waals surface area contributed by atoms with Crippen LogP contribution < -0.4 is 0 Å². The molecule has 0 amide bonds. The number of aromatic nitrogens is 2. The first-order chi connectivity index (χ1) is 6.59. The van der Waals surface area contributed by atoms with Crippen molar-refractivity contribution in [1.82, 2.24) is 9.45 Å². The molecule has 0 saturated heterocycles. The summed E-state index contributed by atoms with van der Waals surface area (Å²) in [6, 6.07) is 6.08. The molecule has 0 atom stereocenters. The van der Waals surface area contributed by atoms with E-state index in [2.05, 4.69) is 50.1 Å². The Labute approximate surface area is 88.4 Å². The fraction of sp³-hybridized carbons (Fsp3) is 0.727. The summed E-state index contributed by atoms with van der Waals surface area (Å²) in [5.74, 6) is 0. The highest BCUT2D eigenvalue weighted by molar-refractivity contribution is 6.78. The summed E-state index contributed by atoms with van der Waals surface area (Å²) in [7, 11) is -1.31. The largest absolute Gasteiger partial charge is 0.298 e. The highest BCUT2D eigenvalue weighted by atomic mass is 28.3. The minimum absolute atomic E-state index is 1.16. The Kier molecular flexibility index (Phi) is 3.53. The fourth-order valence-corrected chi connectivity index (χ4v) is 5.89. The molecule has 3 heteroatoms. The van der Waals surface area contributed by atoms with E-state index in [9.17, 15) is 0 Å². The van der Waals surface area contributed by atoms with Gasteiger partial charge in [0.2, 0.25) is 0 Å². The molecule has 0 aliphatic rings. The van der Waals surface area contributed by atoms with E-state index in [0.29, 0.717) is 0 Å². The Bertz CT molecular complexity index is 292. The standard InChI is InChI=1S/C11H22N2Si/c1-6-14(7-2,8-3)13-11(5)9-10(4)12-13/h9H,6-8H2,1-5H3. The van der Waals surface area contributed by atoms with Gasteiger partial charge in [0.25, 0.3) is 0 Å². The van der Waals surface area contributed by atoms with Gasteiger partial charge in [0.15, 0.2) is 8.24 Å². The molecule has 1 aromatic rings. The van der Waals surface area contributed by atoms with Crippen molar-refractivity contribution < 1.29 is 0 Å². The van der Waals surface area contributed by atoms with Crippen LogP contribution in [0.4, 0.5) is 0 Å². The third-order valence-electron chi connectivity index (χ3n) is 3.43. The minimum Gasteiger partial charge on any atom is -0.298 e. The molecule has 0 N–H and O–H groups in total. The summed E-state index contributed by atoms with van der Waals surface area (Å²) in [5.41, 5.74) is 2.51. The minimum atomic E-state index is -1.31. The van der Waals surface area contributed by atoms with Crippen LogP contribution in [0.5, 0.6) is 0 Å². The maximum atomic E-state index is 4.67. The van der Waals surface area contributed by atoms with Crippen molar-refractivity contribution in [3.8, 4) is 0 Å². The number of hydrogen-bond acceptors (Lipinski definition) is 1. The molecule has 2 nitrogen and oxygen atoms in total. The molecule has 80 valence electrons. The highest BCUT2D eigenvalue weighted by Crippen LogP contribution is 2.23. The van der Waals surface area contributed by atoms with Gasteiger partial charge < -0.3 is 0 Å². The molecule has 1 heterocycles. The van der Waals surface area contributed by atoms with Crippen LogP contribution in [-0.4, -0.2) is 17.7 Å². The Hall–Kier alpha value is -0.573. The summed E-state index contributed by atoms with van der Waals surface area (Å²) >= 11 is 0. The van der Waals surface area contributed by atoms with Gasteiger partial charge in [-0.3, -0.25) is 4.35 Å². The fourth-order valence-electron chi connectivity index (χ4n) is 2.31. The smallest absolute Gasteiger partial charge is 0.184 e. The Morgan fingerprint density at radius 3 is 1.93 bits per heavy atom. The second-order valence-electron chi connectivity index (χ2n) is 4.12. The summed E-state index contributed by atoms with van der Waals surface area (Å²) < 4.78 is 2.36. The molecular formula is C11H22N2Si. The van der Waals surface area contributed by atoms with Crippen molar-refractivity contribution >= 4 is 8.24 Å². The van der Waals surface area contributed by atoms with Crippen molar-refractivity contribution in [2.24, 2.45) is 0 Å². The van der Waals surface area contributed by atoms with Gasteiger partial charge in [0.1, 0.15) is 0 Å². The lowest BCUT2D eigenvalue weighted by Crippen LogP contribution is -2.42. The van der Waals surface area contributed by atoms with Crippen LogP contribution >= 0.6 is 0 Å². The van der Waals surface area contributed by atoms with E-state index in [4.69, 9.17) is 0 Å². The van der Waals surface area contributed by atoms with E-state index in [1.165, 1.54) is 23.8 Å². The molecule has 0 fully saturated rings. The van der Waals surface area contributed by atoms with Gasteiger partial charge in [-0.25, -0.2) is 0 Å². The van der Waals surface area contributed by atoms with Gasteiger partial charge in [0.05, 0.1) is 5.69 Å². The third-order valence-corrected chi connectivity index (χ3v) is 8.73. The molecule has 0 aliphatic carbocycles. The number of hydrogen-bond donors (Lipinski definition) is 0. The maximum Gasteiger partial charge on any atom is 0.184 e. The van der Waals surface area contributed by atoms with Gasteiger partial charge in [-0.2, -0.15) is 5.10 Å². The number of nitrogens with zero attached hydrogens (tertiary/aromatic N) is 2. The average Bonchev–Trinajstić information content (AvgIpc) is 2.51. The molecule has 0 aliphatic heterocycles. The molecule has 0 radical (unpaired) electrons. The highest BCUT2D eigenvalue weighted by Gasteiger charge is 2.31. The first kappa shape index (κ1) is 11.5. The van der Waals surface area contributed by atoms with Crippen molar-refractivity contribution in [2.45, 2.75) is 52.8 Å². The predicted molar refractivity (Wildman–Crippen MR) is 64.3 cm³/mol. The van der Waals surface area contributed by atoms with Gasteiger partial charge in [-0.1, -0.05) is 20.8 Å². The second kappa shape index (κ2) is 4.30. The van der Waals surface area contributed by atoms with E-state index in [1.54, 1.807) is 0 Å². The lowest BCUT2D eigenvalue weighted by Gasteiger charge is -2.29.